The Kier molecular flexibility index (Phi) is 4.40. The first-order valence-corrected chi connectivity index (χ1v) is 8.31. The van der Waals surface area contributed by atoms with Gasteiger partial charge >= 0.3 is 0 Å². The second kappa shape index (κ2) is 6.49. The van der Waals surface area contributed by atoms with E-state index in [0.717, 1.165) is 34.5 Å². The molecule has 0 unspecified atom stereocenters. The van der Waals surface area contributed by atoms with Gasteiger partial charge in [-0.3, -0.25) is 14.5 Å². The molecule has 0 N–H and O–H groups in total. The van der Waals surface area contributed by atoms with Crippen molar-refractivity contribution < 1.29 is 9.59 Å². The van der Waals surface area contributed by atoms with Crippen LogP contribution in [0.2, 0.25) is 0 Å². The second-order valence-corrected chi connectivity index (χ2v) is 6.42. The molecule has 0 spiro atoms. The molecule has 0 radical (unpaired) electrons. The van der Waals surface area contributed by atoms with Crippen LogP contribution in [0.25, 0.3) is 11.9 Å². The fraction of sp³-hybridized carbons (Fsp3) is 0.167. The van der Waals surface area contributed by atoms with E-state index in [1.165, 1.54) is 4.90 Å². The first-order valence-electron chi connectivity index (χ1n) is 7.49. The van der Waals surface area contributed by atoms with Crippen molar-refractivity contribution in [3.05, 3.63) is 65.0 Å². The molecule has 1 fully saturated rings. The van der Waals surface area contributed by atoms with Crippen molar-refractivity contribution in [1.29, 1.82) is 0 Å². The molecule has 0 aromatic carbocycles. The summed E-state index contributed by atoms with van der Waals surface area (Å²) in [5.74, 6) is 0.555. The number of imide groups is 1. The Bertz CT molecular complexity index is 853. The van der Waals surface area contributed by atoms with Gasteiger partial charge in [-0.05, 0) is 55.4 Å². The zero-order valence-corrected chi connectivity index (χ0v) is 14.3. The minimum absolute atomic E-state index is 0.231. The Morgan fingerprint density at radius 2 is 2.08 bits per heavy atom. The molecule has 1 aliphatic heterocycles. The van der Waals surface area contributed by atoms with Crippen molar-refractivity contribution in [2.24, 2.45) is 0 Å². The summed E-state index contributed by atoms with van der Waals surface area (Å²) in [4.78, 5) is 30.3. The van der Waals surface area contributed by atoms with E-state index < -0.39 is 0 Å². The lowest BCUT2D eigenvalue weighted by Crippen LogP contribution is -2.27. The minimum atomic E-state index is -0.271. The highest BCUT2D eigenvalue weighted by Gasteiger charge is 2.34. The molecule has 24 heavy (non-hydrogen) atoms. The summed E-state index contributed by atoms with van der Waals surface area (Å²) in [6.07, 6.45) is 5.07. The van der Waals surface area contributed by atoms with Crippen LogP contribution in [0.3, 0.4) is 0 Å². The molecule has 3 rings (SSSR count). The smallest absolute Gasteiger partial charge is 0.293 e. The SMILES string of the molecule is C=CCN1C(=O)S/C(=C/c2cc(C)n(-c3ccccn3)c2C)C1=O. The van der Waals surface area contributed by atoms with E-state index >= 15 is 0 Å². The highest BCUT2D eigenvalue weighted by molar-refractivity contribution is 8.18. The highest BCUT2D eigenvalue weighted by atomic mass is 32.2. The predicted octanol–water partition coefficient (Wildman–Crippen LogP) is 3.71. The molecule has 0 bridgehead atoms. The number of hydrogen-bond acceptors (Lipinski definition) is 4. The van der Waals surface area contributed by atoms with Crippen LogP contribution in [0, 0.1) is 13.8 Å². The lowest BCUT2D eigenvalue weighted by Gasteiger charge is -2.08. The van der Waals surface area contributed by atoms with E-state index in [2.05, 4.69) is 11.6 Å². The molecule has 122 valence electrons. The molecule has 6 heteroatoms. The number of pyridine rings is 1. The van der Waals surface area contributed by atoms with E-state index in [1.54, 1.807) is 18.3 Å². The Balaban J connectivity index is 1.99. The van der Waals surface area contributed by atoms with Crippen LogP contribution in [0.15, 0.2) is 48.0 Å². The van der Waals surface area contributed by atoms with Crippen molar-refractivity contribution >= 4 is 29.0 Å². The number of carbonyl (C=O) groups excluding carboxylic acids is 2. The molecule has 2 aromatic heterocycles. The van der Waals surface area contributed by atoms with Gasteiger partial charge in [0.2, 0.25) is 0 Å². The maximum absolute atomic E-state index is 12.3. The van der Waals surface area contributed by atoms with Crippen LogP contribution in [-0.4, -0.2) is 32.1 Å². The standard InChI is InChI=1S/C18H17N3O2S/c1-4-9-20-17(22)15(24-18(20)23)11-14-10-12(2)21(13(14)3)16-7-5-6-8-19-16/h4-8,10-11H,1,9H2,2-3H3/b15-11+. The van der Waals surface area contributed by atoms with Crippen molar-refractivity contribution in [2.75, 3.05) is 6.54 Å². The summed E-state index contributed by atoms with van der Waals surface area (Å²) in [6, 6.07) is 7.73. The van der Waals surface area contributed by atoms with Crippen molar-refractivity contribution in [2.45, 2.75) is 13.8 Å². The first kappa shape index (κ1) is 16.3. The number of aromatic nitrogens is 2. The third-order valence-electron chi connectivity index (χ3n) is 3.82. The number of thioether (sulfide) groups is 1. The maximum atomic E-state index is 12.3. The zero-order valence-electron chi connectivity index (χ0n) is 13.5. The largest absolute Gasteiger partial charge is 0.303 e. The summed E-state index contributed by atoms with van der Waals surface area (Å²) < 4.78 is 2.03. The number of hydrogen-bond donors (Lipinski definition) is 0. The number of nitrogens with zero attached hydrogens (tertiary/aromatic N) is 3. The van der Waals surface area contributed by atoms with E-state index in [4.69, 9.17) is 0 Å². The Morgan fingerprint density at radius 3 is 2.75 bits per heavy atom. The lowest BCUT2D eigenvalue weighted by molar-refractivity contribution is -0.122. The van der Waals surface area contributed by atoms with Gasteiger partial charge in [0, 0.05) is 24.1 Å². The van der Waals surface area contributed by atoms with E-state index in [0.29, 0.717) is 4.91 Å². The average molecular weight is 339 g/mol. The first-order chi connectivity index (χ1) is 11.5. The van der Waals surface area contributed by atoms with Crippen LogP contribution in [-0.2, 0) is 4.79 Å². The molecule has 0 aliphatic carbocycles. The van der Waals surface area contributed by atoms with Crippen LogP contribution < -0.4 is 0 Å². The number of carbonyl (C=O) groups is 2. The van der Waals surface area contributed by atoms with Gasteiger partial charge in [0.1, 0.15) is 5.82 Å². The summed E-state index contributed by atoms with van der Waals surface area (Å²) in [7, 11) is 0. The van der Waals surface area contributed by atoms with Crippen molar-refractivity contribution in [3.8, 4) is 5.82 Å². The lowest BCUT2D eigenvalue weighted by atomic mass is 10.2. The molecule has 5 nitrogen and oxygen atoms in total. The molecule has 3 heterocycles. The van der Waals surface area contributed by atoms with Crippen LogP contribution in [0.1, 0.15) is 17.0 Å². The Hall–Kier alpha value is -2.60. The molecular weight excluding hydrogens is 322 g/mol. The van der Waals surface area contributed by atoms with Gasteiger partial charge in [-0.1, -0.05) is 12.1 Å². The van der Waals surface area contributed by atoms with E-state index in [9.17, 15) is 9.59 Å². The van der Waals surface area contributed by atoms with Gasteiger partial charge in [0.25, 0.3) is 11.1 Å². The third kappa shape index (κ3) is 2.80. The van der Waals surface area contributed by atoms with Gasteiger partial charge in [0.15, 0.2) is 0 Å². The predicted molar refractivity (Wildman–Crippen MR) is 95.9 cm³/mol. The van der Waals surface area contributed by atoms with Crippen molar-refractivity contribution in [3.63, 3.8) is 0 Å². The Morgan fingerprint density at radius 1 is 1.29 bits per heavy atom. The van der Waals surface area contributed by atoms with Gasteiger partial charge in [-0.25, -0.2) is 4.98 Å². The molecule has 2 amide bonds. The number of amides is 2. The van der Waals surface area contributed by atoms with Gasteiger partial charge in [0.05, 0.1) is 4.91 Å². The monoisotopic (exact) mass is 339 g/mol. The van der Waals surface area contributed by atoms with Crippen LogP contribution >= 0.6 is 11.8 Å². The van der Waals surface area contributed by atoms with E-state index in [-0.39, 0.29) is 17.7 Å². The van der Waals surface area contributed by atoms with Gasteiger partial charge in [-0.15, -0.1) is 6.58 Å². The fourth-order valence-electron chi connectivity index (χ4n) is 2.70. The summed E-state index contributed by atoms with van der Waals surface area (Å²) >= 11 is 0.962. The molecule has 1 aliphatic rings. The topological polar surface area (TPSA) is 55.2 Å². The molecule has 1 saturated heterocycles. The molecular formula is C18H17N3O2S. The number of rotatable bonds is 4. The maximum Gasteiger partial charge on any atom is 0.293 e. The fourth-order valence-corrected chi connectivity index (χ4v) is 3.54. The molecule has 2 aromatic rings. The Labute approximate surface area is 144 Å². The summed E-state index contributed by atoms with van der Waals surface area (Å²) in [5.41, 5.74) is 2.90. The van der Waals surface area contributed by atoms with Gasteiger partial charge in [-0.2, -0.15) is 0 Å². The quantitative estimate of drug-likeness (QED) is 0.629. The summed E-state index contributed by atoms with van der Waals surface area (Å²) in [6.45, 7) is 7.77. The summed E-state index contributed by atoms with van der Waals surface area (Å²) in [5, 5.41) is -0.260. The molecule has 0 atom stereocenters. The number of aryl methyl sites for hydroxylation is 1. The van der Waals surface area contributed by atoms with Crippen LogP contribution in [0.4, 0.5) is 4.79 Å². The zero-order chi connectivity index (χ0) is 17.3. The van der Waals surface area contributed by atoms with Crippen molar-refractivity contribution in [1.82, 2.24) is 14.5 Å². The second-order valence-electron chi connectivity index (χ2n) is 5.43. The van der Waals surface area contributed by atoms with E-state index in [1.807, 2.05) is 42.7 Å². The highest BCUT2D eigenvalue weighted by Crippen LogP contribution is 2.33. The van der Waals surface area contributed by atoms with Crippen LogP contribution in [0.5, 0.6) is 0 Å². The normalized spacial score (nSPS) is 16.2. The van der Waals surface area contributed by atoms with Gasteiger partial charge < -0.3 is 4.57 Å². The minimum Gasteiger partial charge on any atom is -0.303 e. The third-order valence-corrected chi connectivity index (χ3v) is 4.73. The molecule has 0 saturated carbocycles. The average Bonchev–Trinajstić information content (AvgIpc) is 2.99.